The van der Waals surface area contributed by atoms with Gasteiger partial charge >= 0.3 is 5.97 Å². The molecular weight excluding hydrogens is 240 g/mol. The van der Waals surface area contributed by atoms with E-state index in [4.69, 9.17) is 9.47 Å². The molecule has 0 aliphatic carbocycles. The second-order valence-electron chi connectivity index (χ2n) is 4.79. The lowest BCUT2D eigenvalue weighted by atomic mass is 10.1. The van der Waals surface area contributed by atoms with Crippen LogP contribution >= 0.6 is 0 Å². The molecule has 0 radical (unpaired) electrons. The molecule has 1 aliphatic rings. The molecule has 3 heteroatoms. The summed E-state index contributed by atoms with van der Waals surface area (Å²) in [6.45, 7) is 2.10. The zero-order valence-electron chi connectivity index (χ0n) is 10.9. The van der Waals surface area contributed by atoms with E-state index in [0.717, 1.165) is 30.0 Å². The number of unbranched alkanes of at least 4 members (excludes halogenated alkanes) is 1. The fourth-order valence-corrected chi connectivity index (χ4v) is 2.31. The van der Waals surface area contributed by atoms with Crippen LogP contribution < -0.4 is 4.74 Å². The number of esters is 1. The quantitative estimate of drug-likeness (QED) is 0.781. The average molecular weight is 256 g/mol. The van der Waals surface area contributed by atoms with Crippen LogP contribution in [-0.4, -0.2) is 12.3 Å². The predicted molar refractivity (Wildman–Crippen MR) is 73.3 cm³/mol. The summed E-state index contributed by atoms with van der Waals surface area (Å²) in [7, 11) is 0. The van der Waals surface area contributed by atoms with Crippen molar-refractivity contribution in [2.24, 2.45) is 0 Å². The van der Waals surface area contributed by atoms with Gasteiger partial charge in [-0.2, -0.15) is 0 Å². The van der Waals surface area contributed by atoms with Crippen molar-refractivity contribution < 1.29 is 14.3 Å². The number of hydrogen-bond donors (Lipinski definition) is 0. The number of fused-ring (bicyclic) bond motifs is 2. The van der Waals surface area contributed by atoms with E-state index in [-0.39, 0.29) is 5.97 Å². The Bertz CT molecular complexity index is 618. The third-order valence-corrected chi connectivity index (χ3v) is 3.36. The van der Waals surface area contributed by atoms with Crippen LogP contribution in [0.5, 0.6) is 5.75 Å². The van der Waals surface area contributed by atoms with Gasteiger partial charge in [-0.05, 0) is 29.3 Å². The highest BCUT2D eigenvalue weighted by atomic mass is 16.7. The van der Waals surface area contributed by atoms with E-state index in [0.29, 0.717) is 11.3 Å². The average Bonchev–Trinajstić information content (AvgIpc) is 2.43. The number of carbonyl (C=O) groups excluding carboxylic acids is 1. The molecule has 1 heterocycles. The Kier molecular flexibility index (Phi) is 3.11. The molecule has 19 heavy (non-hydrogen) atoms. The zero-order chi connectivity index (χ0) is 13.2. The Labute approximate surface area is 112 Å². The van der Waals surface area contributed by atoms with Crippen molar-refractivity contribution in [3.05, 3.63) is 42.0 Å². The SMILES string of the molecule is CCCC[C@@H]1OC(=O)c2cc3ccccc3cc2O1. The van der Waals surface area contributed by atoms with E-state index in [2.05, 4.69) is 6.92 Å². The van der Waals surface area contributed by atoms with E-state index in [9.17, 15) is 4.79 Å². The molecule has 1 aliphatic heterocycles. The molecule has 0 unspecified atom stereocenters. The number of hydrogen-bond acceptors (Lipinski definition) is 3. The number of benzene rings is 2. The van der Waals surface area contributed by atoms with Crippen LogP contribution in [0.4, 0.5) is 0 Å². The van der Waals surface area contributed by atoms with Crippen molar-refractivity contribution in [1.29, 1.82) is 0 Å². The number of carbonyl (C=O) groups is 1. The zero-order valence-corrected chi connectivity index (χ0v) is 10.9. The minimum atomic E-state index is -0.443. The van der Waals surface area contributed by atoms with E-state index >= 15 is 0 Å². The summed E-state index contributed by atoms with van der Waals surface area (Å²) in [5.41, 5.74) is 0.520. The van der Waals surface area contributed by atoms with Gasteiger partial charge < -0.3 is 9.47 Å². The normalized spacial score (nSPS) is 17.7. The third-order valence-electron chi connectivity index (χ3n) is 3.36. The molecule has 2 aromatic carbocycles. The Balaban J connectivity index is 1.97. The Hall–Kier alpha value is -2.03. The van der Waals surface area contributed by atoms with Crippen LogP contribution in [-0.2, 0) is 4.74 Å². The monoisotopic (exact) mass is 256 g/mol. The summed E-state index contributed by atoms with van der Waals surface area (Å²) in [4.78, 5) is 12.0. The van der Waals surface area contributed by atoms with Crippen molar-refractivity contribution in [3.8, 4) is 5.75 Å². The van der Waals surface area contributed by atoms with Gasteiger partial charge in [0, 0.05) is 6.42 Å². The summed E-state index contributed by atoms with van der Waals surface area (Å²) < 4.78 is 11.1. The first-order valence-corrected chi connectivity index (χ1v) is 6.68. The number of ether oxygens (including phenoxy) is 2. The van der Waals surface area contributed by atoms with Crippen LogP contribution in [0.15, 0.2) is 36.4 Å². The Morgan fingerprint density at radius 3 is 2.58 bits per heavy atom. The molecule has 1 atom stereocenters. The Morgan fingerprint density at radius 1 is 1.11 bits per heavy atom. The smallest absolute Gasteiger partial charge is 0.345 e. The molecule has 3 nitrogen and oxygen atoms in total. The minimum Gasteiger partial charge on any atom is -0.454 e. The summed E-state index contributed by atoms with van der Waals surface area (Å²) in [5.74, 6) is 0.351. The molecule has 98 valence electrons. The lowest BCUT2D eigenvalue weighted by molar-refractivity contribution is -0.0643. The van der Waals surface area contributed by atoms with Gasteiger partial charge in [0.1, 0.15) is 11.3 Å². The van der Waals surface area contributed by atoms with Crippen molar-refractivity contribution >= 4 is 16.7 Å². The second-order valence-corrected chi connectivity index (χ2v) is 4.79. The van der Waals surface area contributed by atoms with Gasteiger partial charge in [0.15, 0.2) is 0 Å². The van der Waals surface area contributed by atoms with E-state index in [1.807, 2.05) is 36.4 Å². The fourth-order valence-electron chi connectivity index (χ4n) is 2.31. The highest BCUT2D eigenvalue weighted by Gasteiger charge is 2.27. The lowest BCUT2D eigenvalue weighted by Gasteiger charge is -2.25. The summed E-state index contributed by atoms with van der Waals surface area (Å²) in [6.07, 6.45) is 2.35. The third kappa shape index (κ3) is 2.28. The standard InChI is InChI=1S/C16H16O3/c1-2-3-8-15-18-14-10-12-7-5-4-6-11(12)9-13(14)16(17)19-15/h4-7,9-10,15H,2-3,8H2,1H3/t15-/m0/s1. The summed E-state index contributed by atoms with van der Waals surface area (Å²) in [5, 5.41) is 2.10. The predicted octanol–water partition coefficient (Wildman–Crippen LogP) is 3.91. The first kappa shape index (κ1) is 12.0. The lowest BCUT2D eigenvalue weighted by Crippen LogP contribution is -2.29. The molecule has 0 bridgehead atoms. The first-order valence-electron chi connectivity index (χ1n) is 6.68. The van der Waals surface area contributed by atoms with Gasteiger partial charge in [0.2, 0.25) is 6.29 Å². The highest BCUT2D eigenvalue weighted by molar-refractivity contribution is 5.99. The van der Waals surface area contributed by atoms with Gasteiger partial charge in [-0.1, -0.05) is 37.6 Å². The number of cyclic esters (lactones) is 1. The minimum absolute atomic E-state index is 0.284. The van der Waals surface area contributed by atoms with E-state index in [1.54, 1.807) is 0 Å². The van der Waals surface area contributed by atoms with Crippen molar-refractivity contribution in [2.45, 2.75) is 32.5 Å². The molecule has 0 spiro atoms. The van der Waals surface area contributed by atoms with Crippen LogP contribution in [0.25, 0.3) is 10.8 Å². The molecule has 0 amide bonds. The van der Waals surface area contributed by atoms with Gasteiger partial charge in [-0.3, -0.25) is 0 Å². The molecule has 0 fully saturated rings. The Morgan fingerprint density at radius 2 is 1.84 bits per heavy atom. The van der Waals surface area contributed by atoms with Crippen molar-refractivity contribution in [3.63, 3.8) is 0 Å². The van der Waals surface area contributed by atoms with E-state index in [1.165, 1.54) is 0 Å². The maximum Gasteiger partial charge on any atom is 0.345 e. The second kappa shape index (κ2) is 4.92. The van der Waals surface area contributed by atoms with Crippen LogP contribution in [0, 0.1) is 0 Å². The van der Waals surface area contributed by atoms with Gasteiger partial charge in [-0.25, -0.2) is 4.79 Å². The van der Waals surface area contributed by atoms with Gasteiger partial charge in [0.05, 0.1) is 0 Å². The molecule has 0 aromatic heterocycles. The summed E-state index contributed by atoms with van der Waals surface area (Å²) in [6, 6.07) is 11.7. The molecule has 0 N–H and O–H groups in total. The molecule has 0 saturated carbocycles. The van der Waals surface area contributed by atoms with Crippen molar-refractivity contribution in [1.82, 2.24) is 0 Å². The maximum absolute atomic E-state index is 12.0. The van der Waals surface area contributed by atoms with Crippen LogP contribution in [0.1, 0.15) is 36.5 Å². The van der Waals surface area contributed by atoms with Crippen LogP contribution in [0.2, 0.25) is 0 Å². The first-order chi connectivity index (χ1) is 9.28. The summed E-state index contributed by atoms with van der Waals surface area (Å²) >= 11 is 0. The van der Waals surface area contributed by atoms with Crippen LogP contribution in [0.3, 0.4) is 0 Å². The van der Waals surface area contributed by atoms with Gasteiger partial charge in [-0.15, -0.1) is 0 Å². The largest absolute Gasteiger partial charge is 0.454 e. The molecule has 3 rings (SSSR count). The van der Waals surface area contributed by atoms with Gasteiger partial charge in [0.25, 0.3) is 0 Å². The molecule has 0 saturated heterocycles. The molecule has 2 aromatic rings. The maximum atomic E-state index is 12.0. The van der Waals surface area contributed by atoms with E-state index < -0.39 is 6.29 Å². The molecular formula is C16H16O3. The number of rotatable bonds is 3. The van der Waals surface area contributed by atoms with Crippen molar-refractivity contribution in [2.75, 3.05) is 0 Å². The highest BCUT2D eigenvalue weighted by Crippen LogP contribution is 2.32. The fraction of sp³-hybridized carbons (Fsp3) is 0.312. The topological polar surface area (TPSA) is 35.5 Å².